The van der Waals surface area contributed by atoms with Gasteiger partial charge in [-0.15, -0.1) is 0 Å². The molecule has 0 saturated heterocycles. The van der Waals surface area contributed by atoms with Crippen molar-refractivity contribution in [3.63, 3.8) is 0 Å². The van der Waals surface area contributed by atoms with Crippen LogP contribution in [0.2, 0.25) is 0 Å². The second-order valence-corrected chi connectivity index (χ2v) is 8.45. The van der Waals surface area contributed by atoms with E-state index in [1.807, 2.05) is 27.7 Å². The van der Waals surface area contributed by atoms with E-state index in [2.05, 4.69) is 9.71 Å². The average molecular weight is 334 g/mol. The monoisotopic (exact) mass is 334 g/mol. The molecule has 1 unspecified atom stereocenters. The topological polar surface area (TPSA) is 51.2 Å². The normalized spacial score (nSPS) is 15.5. The molecule has 1 aromatic heterocycles. The van der Waals surface area contributed by atoms with Crippen molar-refractivity contribution in [3.05, 3.63) is 23.5 Å². The predicted molar refractivity (Wildman–Crippen MR) is 84.5 cm³/mol. The van der Waals surface area contributed by atoms with Crippen molar-refractivity contribution in [3.8, 4) is 5.75 Å². The van der Waals surface area contributed by atoms with Crippen LogP contribution >= 0.6 is 0 Å². The summed E-state index contributed by atoms with van der Waals surface area (Å²) in [6.07, 6.45) is 1.43. The molecule has 0 bridgehead atoms. The Morgan fingerprint density at radius 3 is 2.41 bits per heavy atom. The Labute approximate surface area is 133 Å². The molecule has 0 aliphatic rings. The molecule has 0 aliphatic carbocycles. The quantitative estimate of drug-likeness (QED) is 0.866. The van der Waals surface area contributed by atoms with E-state index in [0.29, 0.717) is 17.0 Å². The minimum atomic E-state index is -2.89. The average Bonchev–Trinajstić information content (AvgIpc) is 2.34. The van der Waals surface area contributed by atoms with Crippen molar-refractivity contribution >= 4 is 11.0 Å². The van der Waals surface area contributed by atoms with E-state index in [-0.39, 0.29) is 10.8 Å². The fourth-order valence-corrected chi connectivity index (χ4v) is 2.35. The molecule has 1 rings (SSSR count). The maximum Gasteiger partial charge on any atom is 0.278 e. The van der Waals surface area contributed by atoms with Gasteiger partial charge in [-0.3, -0.25) is 4.98 Å². The second kappa shape index (κ2) is 7.00. The summed E-state index contributed by atoms with van der Waals surface area (Å²) in [7, 11) is -1.22. The standard InChI is InChI=1S/C15H24F2N2O2S/c1-10-7-12(11(2)19-22(20)14(3,4)5)18-8-13(10)21-9-15(6,16)17/h7-8,11,19H,9H2,1-6H3/t11?,22-/m1/s1. The van der Waals surface area contributed by atoms with Gasteiger partial charge in [0.2, 0.25) is 0 Å². The Balaban J connectivity index is 2.78. The van der Waals surface area contributed by atoms with Crippen LogP contribution in [0.15, 0.2) is 12.3 Å². The van der Waals surface area contributed by atoms with Gasteiger partial charge in [0.25, 0.3) is 5.92 Å². The first-order chi connectivity index (χ1) is 9.90. The van der Waals surface area contributed by atoms with Crippen LogP contribution < -0.4 is 9.46 Å². The molecule has 2 atom stereocenters. The van der Waals surface area contributed by atoms with Crippen molar-refractivity contribution < 1.29 is 17.7 Å². The molecule has 0 saturated carbocycles. The SMILES string of the molecule is Cc1cc(C(C)N[S@](=O)C(C)(C)C)ncc1OCC(C)(F)F. The lowest BCUT2D eigenvalue weighted by atomic mass is 10.1. The van der Waals surface area contributed by atoms with Crippen molar-refractivity contribution in [1.82, 2.24) is 9.71 Å². The molecule has 1 N–H and O–H groups in total. The van der Waals surface area contributed by atoms with Crippen LogP contribution in [0.4, 0.5) is 8.78 Å². The van der Waals surface area contributed by atoms with Crippen molar-refractivity contribution in [2.45, 2.75) is 58.3 Å². The molecule has 1 heterocycles. The fraction of sp³-hybridized carbons (Fsp3) is 0.667. The third kappa shape index (κ3) is 5.96. The number of aromatic nitrogens is 1. The second-order valence-electron chi connectivity index (χ2n) is 6.45. The summed E-state index contributed by atoms with van der Waals surface area (Å²) in [5, 5.41) is 0. The molecule has 4 nitrogen and oxygen atoms in total. The molecule has 0 spiro atoms. The summed E-state index contributed by atoms with van der Waals surface area (Å²) in [5.74, 6) is -2.56. The maximum absolute atomic E-state index is 12.8. The zero-order chi connectivity index (χ0) is 17.1. The lowest BCUT2D eigenvalue weighted by molar-refractivity contribution is -0.0232. The van der Waals surface area contributed by atoms with Crippen molar-refractivity contribution in [1.29, 1.82) is 0 Å². The molecule has 0 aliphatic heterocycles. The summed E-state index contributed by atoms with van der Waals surface area (Å²) in [6, 6.07) is 1.53. The lowest BCUT2D eigenvalue weighted by Gasteiger charge is -2.22. The molecule has 22 heavy (non-hydrogen) atoms. The summed E-state index contributed by atoms with van der Waals surface area (Å²) in [5.41, 5.74) is 1.40. The molecule has 0 amide bonds. The number of pyridine rings is 1. The van der Waals surface area contributed by atoms with Crippen LogP contribution in [-0.2, 0) is 11.0 Å². The van der Waals surface area contributed by atoms with Crippen molar-refractivity contribution in [2.24, 2.45) is 0 Å². The molecular formula is C15H24F2N2O2S. The van der Waals surface area contributed by atoms with Gasteiger partial charge in [-0.2, -0.15) is 0 Å². The summed E-state index contributed by atoms with van der Waals surface area (Å²) in [6.45, 7) is 9.37. The van der Waals surface area contributed by atoms with E-state index >= 15 is 0 Å². The number of rotatable bonds is 6. The Morgan fingerprint density at radius 1 is 1.36 bits per heavy atom. The van der Waals surface area contributed by atoms with Crippen LogP contribution in [0, 0.1) is 6.92 Å². The van der Waals surface area contributed by atoms with E-state index in [9.17, 15) is 13.0 Å². The van der Waals surface area contributed by atoms with E-state index in [4.69, 9.17) is 4.74 Å². The van der Waals surface area contributed by atoms with Crippen LogP contribution in [-0.4, -0.2) is 26.5 Å². The Kier molecular flexibility index (Phi) is 6.03. The largest absolute Gasteiger partial charge is 0.485 e. The first-order valence-electron chi connectivity index (χ1n) is 7.05. The zero-order valence-electron chi connectivity index (χ0n) is 13.9. The van der Waals surface area contributed by atoms with Crippen LogP contribution in [0.5, 0.6) is 5.75 Å². The third-order valence-corrected chi connectivity index (χ3v) is 4.53. The van der Waals surface area contributed by atoms with Crippen LogP contribution in [0.3, 0.4) is 0 Å². The van der Waals surface area contributed by atoms with Gasteiger partial charge in [-0.05, 0) is 46.2 Å². The van der Waals surface area contributed by atoms with Gasteiger partial charge in [-0.25, -0.2) is 17.7 Å². The summed E-state index contributed by atoms with van der Waals surface area (Å²) < 4.78 is 45.4. The molecular weight excluding hydrogens is 310 g/mol. The Bertz CT molecular complexity index is 539. The number of nitrogens with one attached hydrogen (secondary N) is 1. The van der Waals surface area contributed by atoms with Gasteiger partial charge in [0.05, 0.1) is 33.7 Å². The molecule has 1 aromatic rings. The third-order valence-electron chi connectivity index (χ3n) is 2.85. The first kappa shape index (κ1) is 19.0. The van der Waals surface area contributed by atoms with Gasteiger partial charge in [0.15, 0.2) is 6.61 Å². The number of ether oxygens (including phenoxy) is 1. The smallest absolute Gasteiger partial charge is 0.278 e. The molecule has 7 heteroatoms. The minimum absolute atomic E-state index is 0.222. The highest BCUT2D eigenvalue weighted by Gasteiger charge is 2.24. The molecule has 0 radical (unpaired) electrons. The van der Waals surface area contributed by atoms with Crippen molar-refractivity contribution in [2.75, 3.05) is 6.61 Å². The van der Waals surface area contributed by atoms with E-state index in [1.54, 1.807) is 13.0 Å². The van der Waals surface area contributed by atoms with Gasteiger partial charge in [-0.1, -0.05) is 0 Å². The van der Waals surface area contributed by atoms with E-state index < -0.39 is 23.5 Å². The fourth-order valence-electron chi connectivity index (χ4n) is 1.56. The van der Waals surface area contributed by atoms with Crippen LogP contribution in [0.1, 0.15) is 51.9 Å². The summed E-state index contributed by atoms with van der Waals surface area (Å²) >= 11 is 0. The molecule has 126 valence electrons. The molecule has 0 aromatic carbocycles. The predicted octanol–water partition coefficient (Wildman–Crippen LogP) is 3.54. The van der Waals surface area contributed by atoms with Gasteiger partial charge in [0.1, 0.15) is 5.75 Å². The number of halogens is 2. The maximum atomic E-state index is 12.8. The zero-order valence-corrected chi connectivity index (χ0v) is 14.7. The van der Waals surface area contributed by atoms with E-state index in [0.717, 1.165) is 6.92 Å². The lowest BCUT2D eigenvalue weighted by Crippen LogP contribution is -2.35. The van der Waals surface area contributed by atoms with Gasteiger partial charge in [0, 0.05) is 6.92 Å². The van der Waals surface area contributed by atoms with Gasteiger partial charge >= 0.3 is 0 Å². The number of aryl methyl sites for hydroxylation is 1. The Morgan fingerprint density at radius 2 is 1.95 bits per heavy atom. The minimum Gasteiger partial charge on any atom is -0.485 e. The number of nitrogens with zero attached hydrogens (tertiary/aromatic N) is 1. The highest BCUT2D eigenvalue weighted by molar-refractivity contribution is 7.84. The Hall–Kier alpha value is -1.08. The van der Waals surface area contributed by atoms with Crippen LogP contribution in [0.25, 0.3) is 0 Å². The summed E-state index contributed by atoms with van der Waals surface area (Å²) in [4.78, 5) is 4.21. The number of hydrogen-bond acceptors (Lipinski definition) is 3. The first-order valence-corrected chi connectivity index (χ1v) is 8.20. The van der Waals surface area contributed by atoms with Gasteiger partial charge < -0.3 is 4.74 Å². The number of alkyl halides is 2. The number of hydrogen-bond donors (Lipinski definition) is 1. The highest BCUT2D eigenvalue weighted by Crippen LogP contribution is 2.23. The molecule has 0 fully saturated rings. The highest BCUT2D eigenvalue weighted by atomic mass is 32.2. The van der Waals surface area contributed by atoms with E-state index in [1.165, 1.54) is 6.20 Å².